The van der Waals surface area contributed by atoms with Gasteiger partial charge in [0, 0.05) is 0 Å². The first-order chi connectivity index (χ1) is 9.27. The van der Waals surface area contributed by atoms with Crippen LogP contribution in [0.5, 0.6) is 0 Å². The summed E-state index contributed by atoms with van der Waals surface area (Å²) in [5.74, 6) is 0. The van der Waals surface area contributed by atoms with Gasteiger partial charge in [-0.25, -0.2) is 0 Å². The van der Waals surface area contributed by atoms with Crippen molar-refractivity contribution in [1.29, 1.82) is 5.26 Å². The molecule has 0 amide bonds. The molecule has 0 radical (unpaired) electrons. The Hall–Kier alpha value is -1.33. The van der Waals surface area contributed by atoms with Crippen molar-refractivity contribution in [1.82, 2.24) is 0 Å². The Kier molecular flexibility index (Phi) is 4.99. The number of aliphatic hydroxyl groups excluding tert-OH is 1. The summed E-state index contributed by atoms with van der Waals surface area (Å²) in [7, 11) is 0. The van der Waals surface area contributed by atoms with Gasteiger partial charge in [0.1, 0.15) is 0 Å². The van der Waals surface area contributed by atoms with E-state index in [1.165, 1.54) is 18.4 Å². The molecule has 1 aromatic rings. The molecule has 1 fully saturated rings. The maximum atomic E-state index is 10.5. The van der Waals surface area contributed by atoms with E-state index >= 15 is 0 Å². The lowest BCUT2D eigenvalue weighted by molar-refractivity contribution is 0.0458. The second-order valence-electron chi connectivity index (χ2n) is 5.72. The summed E-state index contributed by atoms with van der Waals surface area (Å²) in [5, 5.41) is 20.0. The fourth-order valence-electron chi connectivity index (χ4n) is 3.10. The molecule has 0 aliphatic heterocycles. The summed E-state index contributed by atoms with van der Waals surface area (Å²) in [4.78, 5) is 0. The summed E-state index contributed by atoms with van der Waals surface area (Å²) in [6.45, 7) is 0. The van der Waals surface area contributed by atoms with Crippen molar-refractivity contribution >= 4 is 0 Å². The van der Waals surface area contributed by atoms with Crippen molar-refractivity contribution < 1.29 is 5.11 Å². The molecule has 2 rings (SSSR count). The van der Waals surface area contributed by atoms with Gasteiger partial charge in [-0.15, -0.1) is 0 Å². The maximum absolute atomic E-state index is 10.5. The SMILES string of the molecule is N#CC1(C(O)CCc2ccccc2)CCCCCC1. The van der Waals surface area contributed by atoms with Gasteiger partial charge in [-0.2, -0.15) is 5.26 Å². The molecule has 1 saturated carbocycles. The quantitative estimate of drug-likeness (QED) is 0.833. The first-order valence-corrected chi connectivity index (χ1v) is 7.40. The van der Waals surface area contributed by atoms with Crippen molar-refractivity contribution in [3.63, 3.8) is 0 Å². The second kappa shape index (κ2) is 6.73. The summed E-state index contributed by atoms with van der Waals surface area (Å²) in [6, 6.07) is 12.7. The lowest BCUT2D eigenvalue weighted by Gasteiger charge is -2.30. The molecular formula is C17H23NO. The Balaban J connectivity index is 1.97. The maximum Gasteiger partial charge on any atom is 0.0832 e. The molecule has 0 heterocycles. The number of aliphatic hydroxyl groups is 1. The summed E-state index contributed by atoms with van der Waals surface area (Å²) in [5.41, 5.74) is 0.744. The number of benzene rings is 1. The Morgan fingerprint density at radius 1 is 1.11 bits per heavy atom. The van der Waals surface area contributed by atoms with Gasteiger partial charge in [-0.05, 0) is 31.2 Å². The van der Waals surface area contributed by atoms with Crippen LogP contribution in [0.25, 0.3) is 0 Å². The lowest BCUT2D eigenvalue weighted by atomic mass is 9.75. The number of aryl methyl sites for hydroxylation is 1. The molecule has 19 heavy (non-hydrogen) atoms. The molecule has 102 valence electrons. The van der Waals surface area contributed by atoms with E-state index in [9.17, 15) is 10.4 Å². The van der Waals surface area contributed by atoms with Gasteiger partial charge in [-0.1, -0.05) is 56.0 Å². The van der Waals surface area contributed by atoms with E-state index in [4.69, 9.17) is 0 Å². The first-order valence-electron chi connectivity index (χ1n) is 7.40. The molecule has 0 bridgehead atoms. The zero-order valence-corrected chi connectivity index (χ0v) is 11.5. The summed E-state index contributed by atoms with van der Waals surface area (Å²) in [6.07, 6.45) is 7.34. The molecule has 1 aliphatic rings. The van der Waals surface area contributed by atoms with Crippen LogP contribution in [0.2, 0.25) is 0 Å². The molecule has 1 N–H and O–H groups in total. The van der Waals surface area contributed by atoms with Gasteiger partial charge >= 0.3 is 0 Å². The average Bonchev–Trinajstić information content (AvgIpc) is 2.72. The van der Waals surface area contributed by atoms with E-state index in [0.717, 1.165) is 32.1 Å². The van der Waals surface area contributed by atoms with Crippen molar-refractivity contribution in [3.05, 3.63) is 35.9 Å². The highest BCUT2D eigenvalue weighted by Crippen LogP contribution is 2.39. The van der Waals surface area contributed by atoms with Crippen LogP contribution in [0, 0.1) is 16.7 Å². The van der Waals surface area contributed by atoms with E-state index < -0.39 is 11.5 Å². The predicted molar refractivity (Wildman–Crippen MR) is 76.5 cm³/mol. The molecule has 1 unspecified atom stereocenters. The van der Waals surface area contributed by atoms with Crippen LogP contribution in [0.1, 0.15) is 50.5 Å². The number of hydrogen-bond acceptors (Lipinski definition) is 2. The molecule has 0 saturated heterocycles. The summed E-state index contributed by atoms with van der Waals surface area (Å²) >= 11 is 0. The van der Waals surface area contributed by atoms with Crippen molar-refractivity contribution in [3.8, 4) is 6.07 Å². The molecule has 1 aromatic carbocycles. The molecular weight excluding hydrogens is 234 g/mol. The van der Waals surface area contributed by atoms with Crippen LogP contribution in [0.3, 0.4) is 0 Å². The Bertz CT molecular complexity index is 413. The van der Waals surface area contributed by atoms with E-state index in [1.807, 2.05) is 18.2 Å². The van der Waals surface area contributed by atoms with Gasteiger partial charge in [0.05, 0.1) is 17.6 Å². The van der Waals surface area contributed by atoms with E-state index in [0.29, 0.717) is 6.42 Å². The van der Waals surface area contributed by atoms with Gasteiger partial charge in [0.25, 0.3) is 0 Å². The number of rotatable bonds is 4. The minimum absolute atomic E-state index is 0.490. The van der Waals surface area contributed by atoms with Crippen LogP contribution >= 0.6 is 0 Å². The summed E-state index contributed by atoms with van der Waals surface area (Å²) < 4.78 is 0. The van der Waals surface area contributed by atoms with Crippen LogP contribution in [0.4, 0.5) is 0 Å². The van der Waals surface area contributed by atoms with Crippen LogP contribution in [-0.4, -0.2) is 11.2 Å². The average molecular weight is 257 g/mol. The number of hydrogen-bond donors (Lipinski definition) is 1. The van der Waals surface area contributed by atoms with E-state index in [-0.39, 0.29) is 0 Å². The third kappa shape index (κ3) is 3.58. The lowest BCUT2D eigenvalue weighted by Crippen LogP contribution is -2.34. The molecule has 2 heteroatoms. The largest absolute Gasteiger partial charge is 0.391 e. The number of nitriles is 1. The van der Waals surface area contributed by atoms with Crippen molar-refractivity contribution in [2.24, 2.45) is 5.41 Å². The zero-order valence-electron chi connectivity index (χ0n) is 11.5. The standard InChI is InChI=1S/C17H23NO/c18-14-17(12-6-1-2-7-13-17)16(19)11-10-15-8-4-3-5-9-15/h3-5,8-9,16,19H,1-2,6-7,10-13H2. The highest BCUT2D eigenvalue weighted by Gasteiger charge is 2.37. The topological polar surface area (TPSA) is 44.0 Å². The minimum Gasteiger partial charge on any atom is -0.391 e. The monoisotopic (exact) mass is 257 g/mol. The van der Waals surface area contributed by atoms with E-state index in [2.05, 4.69) is 18.2 Å². The van der Waals surface area contributed by atoms with Crippen molar-refractivity contribution in [2.75, 3.05) is 0 Å². The van der Waals surface area contributed by atoms with Gasteiger partial charge < -0.3 is 5.11 Å². The molecule has 1 aliphatic carbocycles. The fourth-order valence-corrected chi connectivity index (χ4v) is 3.10. The predicted octanol–water partition coefficient (Wildman–Crippen LogP) is 3.84. The van der Waals surface area contributed by atoms with Gasteiger partial charge in [-0.3, -0.25) is 0 Å². The van der Waals surface area contributed by atoms with E-state index in [1.54, 1.807) is 0 Å². The van der Waals surface area contributed by atoms with Crippen LogP contribution < -0.4 is 0 Å². The Morgan fingerprint density at radius 2 is 1.74 bits per heavy atom. The fraction of sp³-hybridized carbons (Fsp3) is 0.588. The molecule has 1 atom stereocenters. The normalized spacial score (nSPS) is 20.2. The first kappa shape index (κ1) is 14.1. The van der Waals surface area contributed by atoms with Crippen LogP contribution in [0.15, 0.2) is 30.3 Å². The van der Waals surface area contributed by atoms with Gasteiger partial charge in [0.15, 0.2) is 0 Å². The third-order valence-corrected chi connectivity index (χ3v) is 4.41. The molecule has 0 aromatic heterocycles. The highest BCUT2D eigenvalue weighted by atomic mass is 16.3. The highest BCUT2D eigenvalue weighted by molar-refractivity contribution is 5.15. The van der Waals surface area contributed by atoms with Crippen LogP contribution in [-0.2, 0) is 6.42 Å². The molecule has 2 nitrogen and oxygen atoms in total. The second-order valence-corrected chi connectivity index (χ2v) is 5.72. The minimum atomic E-state index is -0.495. The Labute approximate surface area is 116 Å². The third-order valence-electron chi connectivity index (χ3n) is 4.41. The van der Waals surface area contributed by atoms with Gasteiger partial charge in [0.2, 0.25) is 0 Å². The number of nitrogens with zero attached hydrogens (tertiary/aromatic N) is 1. The molecule has 0 spiro atoms. The smallest absolute Gasteiger partial charge is 0.0832 e. The zero-order chi connectivity index (χ0) is 13.6. The van der Waals surface area contributed by atoms with Crippen molar-refractivity contribution in [2.45, 2.75) is 57.5 Å². The Morgan fingerprint density at radius 3 is 2.32 bits per heavy atom.